The highest BCUT2D eigenvalue weighted by atomic mass is 16.5. The molecular weight excluding hydrogens is 270 g/mol. The molecule has 1 unspecified atom stereocenters. The fourth-order valence-electron chi connectivity index (χ4n) is 2.69. The summed E-state index contributed by atoms with van der Waals surface area (Å²) in [5, 5.41) is 20.8. The number of nitrogens with zero attached hydrogens (tertiary/aromatic N) is 2. The van der Waals surface area contributed by atoms with E-state index in [0.29, 0.717) is 38.5 Å². The van der Waals surface area contributed by atoms with Crippen molar-refractivity contribution in [3.63, 3.8) is 0 Å². The maximum atomic E-state index is 10.5. The second-order valence-electron chi connectivity index (χ2n) is 5.69. The summed E-state index contributed by atoms with van der Waals surface area (Å²) in [6.45, 7) is 1.29. The van der Waals surface area contributed by atoms with Crippen molar-refractivity contribution in [1.82, 2.24) is 9.97 Å². The molecule has 1 aliphatic rings. The van der Waals surface area contributed by atoms with Crippen molar-refractivity contribution in [3.8, 4) is 0 Å². The Balaban J connectivity index is 1.71. The molecule has 1 aliphatic heterocycles. The fraction of sp³-hybridized carbons (Fsp3) is 0.533. The fourth-order valence-corrected chi connectivity index (χ4v) is 2.69. The van der Waals surface area contributed by atoms with Crippen LogP contribution in [0.25, 0.3) is 11.0 Å². The first-order valence-corrected chi connectivity index (χ1v) is 7.22. The molecule has 0 radical (unpaired) electrons. The first-order chi connectivity index (χ1) is 10.1. The van der Waals surface area contributed by atoms with Crippen LogP contribution in [0.3, 0.4) is 0 Å². The Kier molecular flexibility index (Phi) is 3.84. The Bertz CT molecular complexity index is 574. The van der Waals surface area contributed by atoms with E-state index >= 15 is 0 Å². The lowest BCUT2D eigenvalue weighted by molar-refractivity contribution is -0.128. The van der Waals surface area contributed by atoms with Gasteiger partial charge in [-0.05, 0) is 12.1 Å². The van der Waals surface area contributed by atoms with Crippen molar-refractivity contribution < 1.29 is 14.9 Å². The van der Waals surface area contributed by atoms with Crippen LogP contribution in [0.4, 0.5) is 5.95 Å². The number of nitrogens with one attached hydrogen (secondary N) is 1. The zero-order chi connectivity index (χ0) is 14.9. The first kappa shape index (κ1) is 14.3. The number of anilines is 1. The summed E-state index contributed by atoms with van der Waals surface area (Å²) in [5.41, 5.74) is 0.774. The van der Waals surface area contributed by atoms with E-state index in [1.165, 1.54) is 0 Å². The maximum Gasteiger partial charge on any atom is 0.203 e. The second-order valence-corrected chi connectivity index (χ2v) is 5.69. The SMILES string of the molecule is CN(CC(O)C1(O)CCOCC1)c1nc2ccccc2[nH]1. The van der Waals surface area contributed by atoms with Gasteiger partial charge in [-0.3, -0.25) is 0 Å². The summed E-state index contributed by atoms with van der Waals surface area (Å²) in [5.74, 6) is 0.686. The molecule has 3 rings (SSSR count). The molecule has 3 N–H and O–H groups in total. The third kappa shape index (κ3) is 2.88. The standard InChI is InChI=1S/C15H21N3O3/c1-18(10-13(19)15(20)6-8-21-9-7-15)14-16-11-4-2-3-5-12(11)17-14/h2-5,13,19-20H,6-10H2,1H3,(H,16,17). The van der Waals surface area contributed by atoms with E-state index in [2.05, 4.69) is 9.97 Å². The largest absolute Gasteiger partial charge is 0.388 e. The van der Waals surface area contributed by atoms with Crippen molar-refractivity contribution in [2.75, 3.05) is 31.7 Å². The van der Waals surface area contributed by atoms with Gasteiger partial charge in [0.15, 0.2) is 0 Å². The van der Waals surface area contributed by atoms with Crippen LogP contribution in [-0.4, -0.2) is 58.7 Å². The van der Waals surface area contributed by atoms with Gasteiger partial charge in [0.05, 0.1) is 16.6 Å². The number of aliphatic hydroxyl groups excluding tert-OH is 1. The van der Waals surface area contributed by atoms with Gasteiger partial charge in [0.1, 0.15) is 6.10 Å². The van der Waals surface area contributed by atoms with Gasteiger partial charge in [0.2, 0.25) is 5.95 Å². The number of H-pyrrole nitrogens is 1. The van der Waals surface area contributed by atoms with Gasteiger partial charge >= 0.3 is 0 Å². The molecule has 0 aliphatic carbocycles. The molecule has 21 heavy (non-hydrogen) atoms. The molecule has 2 heterocycles. The minimum Gasteiger partial charge on any atom is -0.388 e. The number of aromatic nitrogens is 2. The van der Waals surface area contributed by atoms with Crippen molar-refractivity contribution in [3.05, 3.63) is 24.3 Å². The number of rotatable bonds is 4. The topological polar surface area (TPSA) is 81.6 Å². The van der Waals surface area contributed by atoms with Gasteiger partial charge in [-0.25, -0.2) is 4.98 Å². The number of fused-ring (bicyclic) bond motifs is 1. The van der Waals surface area contributed by atoms with Crippen LogP contribution in [0.1, 0.15) is 12.8 Å². The van der Waals surface area contributed by atoms with Crippen LogP contribution in [0.2, 0.25) is 0 Å². The van der Waals surface area contributed by atoms with Gasteiger partial charge in [-0.1, -0.05) is 12.1 Å². The number of ether oxygens (including phenoxy) is 1. The Hall–Kier alpha value is -1.63. The molecular formula is C15H21N3O3. The molecule has 6 heteroatoms. The van der Waals surface area contributed by atoms with Gasteiger partial charge in [-0.15, -0.1) is 0 Å². The number of imidazole rings is 1. The van der Waals surface area contributed by atoms with Crippen molar-refractivity contribution >= 4 is 17.0 Å². The summed E-state index contributed by atoms with van der Waals surface area (Å²) in [7, 11) is 1.85. The van der Waals surface area contributed by atoms with E-state index in [0.717, 1.165) is 11.0 Å². The highest BCUT2D eigenvalue weighted by Crippen LogP contribution is 2.26. The smallest absolute Gasteiger partial charge is 0.203 e. The minimum absolute atomic E-state index is 0.316. The van der Waals surface area contributed by atoms with E-state index in [9.17, 15) is 10.2 Å². The van der Waals surface area contributed by atoms with Crippen LogP contribution in [0.5, 0.6) is 0 Å². The van der Waals surface area contributed by atoms with Crippen molar-refractivity contribution in [2.24, 2.45) is 0 Å². The lowest BCUT2D eigenvalue weighted by Crippen LogP contribution is -2.51. The summed E-state index contributed by atoms with van der Waals surface area (Å²) in [6, 6.07) is 7.78. The zero-order valence-electron chi connectivity index (χ0n) is 12.1. The van der Waals surface area contributed by atoms with E-state index < -0.39 is 11.7 Å². The van der Waals surface area contributed by atoms with E-state index in [-0.39, 0.29) is 0 Å². The molecule has 1 aromatic carbocycles. The minimum atomic E-state index is -1.07. The van der Waals surface area contributed by atoms with Gasteiger partial charge in [0, 0.05) is 39.6 Å². The summed E-state index contributed by atoms with van der Waals surface area (Å²) in [4.78, 5) is 9.53. The quantitative estimate of drug-likeness (QED) is 0.780. The number of aliphatic hydroxyl groups is 2. The number of aromatic amines is 1. The van der Waals surface area contributed by atoms with E-state index in [1.807, 2.05) is 36.2 Å². The molecule has 0 saturated carbocycles. The molecule has 6 nitrogen and oxygen atoms in total. The molecule has 2 aromatic rings. The van der Waals surface area contributed by atoms with E-state index in [4.69, 9.17) is 4.74 Å². The summed E-state index contributed by atoms with van der Waals surface area (Å²) < 4.78 is 5.24. The van der Waals surface area contributed by atoms with Crippen LogP contribution in [-0.2, 0) is 4.74 Å². The average Bonchev–Trinajstić information content (AvgIpc) is 2.92. The van der Waals surface area contributed by atoms with Crippen molar-refractivity contribution in [1.29, 1.82) is 0 Å². The molecule has 114 valence electrons. The lowest BCUT2D eigenvalue weighted by atomic mass is 9.88. The molecule has 0 spiro atoms. The molecule has 1 fully saturated rings. The Morgan fingerprint density at radius 1 is 1.38 bits per heavy atom. The highest BCUT2D eigenvalue weighted by molar-refractivity contribution is 5.77. The molecule has 1 atom stereocenters. The number of likely N-dealkylation sites (N-methyl/N-ethyl adjacent to an activating group) is 1. The molecule has 1 saturated heterocycles. The highest BCUT2D eigenvalue weighted by Gasteiger charge is 2.38. The number of benzene rings is 1. The third-order valence-corrected chi connectivity index (χ3v) is 4.16. The monoisotopic (exact) mass is 291 g/mol. The summed E-state index contributed by atoms with van der Waals surface area (Å²) in [6.07, 6.45) is 0.0872. The molecule has 1 aromatic heterocycles. The third-order valence-electron chi connectivity index (χ3n) is 4.16. The number of hydrogen-bond donors (Lipinski definition) is 3. The maximum absolute atomic E-state index is 10.5. The lowest BCUT2D eigenvalue weighted by Gasteiger charge is -2.37. The van der Waals surface area contributed by atoms with Crippen LogP contribution in [0, 0.1) is 0 Å². The normalized spacial score (nSPS) is 19.6. The van der Waals surface area contributed by atoms with Gasteiger partial charge in [-0.2, -0.15) is 0 Å². The Morgan fingerprint density at radius 2 is 2.10 bits per heavy atom. The number of para-hydroxylation sites is 2. The van der Waals surface area contributed by atoms with Crippen LogP contribution in [0.15, 0.2) is 24.3 Å². The zero-order valence-corrected chi connectivity index (χ0v) is 12.1. The van der Waals surface area contributed by atoms with E-state index in [1.54, 1.807) is 0 Å². The molecule has 0 amide bonds. The van der Waals surface area contributed by atoms with Gasteiger partial charge < -0.3 is 24.8 Å². The first-order valence-electron chi connectivity index (χ1n) is 7.22. The van der Waals surface area contributed by atoms with Gasteiger partial charge in [0.25, 0.3) is 0 Å². The number of hydrogen-bond acceptors (Lipinski definition) is 5. The van der Waals surface area contributed by atoms with Crippen LogP contribution >= 0.6 is 0 Å². The second kappa shape index (κ2) is 5.63. The van der Waals surface area contributed by atoms with Crippen LogP contribution < -0.4 is 4.90 Å². The average molecular weight is 291 g/mol. The van der Waals surface area contributed by atoms with Crippen molar-refractivity contribution in [2.45, 2.75) is 24.5 Å². The Labute approximate surface area is 123 Å². The molecule has 0 bridgehead atoms. The predicted octanol–water partition coefficient (Wildman–Crippen LogP) is 0.901. The predicted molar refractivity (Wildman–Crippen MR) is 80.4 cm³/mol. The Morgan fingerprint density at radius 3 is 2.81 bits per heavy atom. The summed E-state index contributed by atoms with van der Waals surface area (Å²) >= 11 is 0.